The third kappa shape index (κ3) is 45.8. The predicted octanol–water partition coefficient (Wildman–Crippen LogP) is 17.1. The molecular weight excluding hydrogens is 733 g/mol. The average Bonchev–Trinajstić information content (AvgIpc) is 3.23. The Morgan fingerprint density at radius 1 is 0.339 bits per heavy atom. The van der Waals surface area contributed by atoms with Gasteiger partial charge in [0.2, 0.25) is 0 Å². The lowest BCUT2D eigenvalue weighted by Crippen LogP contribution is -2.30. The topological polar surface area (TPSA) is 78.9 Å². The second-order valence-corrected chi connectivity index (χ2v) is 18.4. The molecule has 6 nitrogen and oxygen atoms in total. The fraction of sp³-hybridized carbons (Fsp3) is 0.943. The minimum Gasteiger partial charge on any atom is -0.462 e. The highest BCUT2D eigenvalue weighted by Gasteiger charge is 2.19. The number of ether oxygens (including phenoxy) is 3. The van der Waals surface area contributed by atoms with Crippen LogP contribution in [0.5, 0.6) is 0 Å². The number of hydrogen-bond acceptors (Lipinski definition) is 6. The van der Waals surface area contributed by atoms with Crippen LogP contribution in [0.2, 0.25) is 0 Å². The first kappa shape index (κ1) is 57.4. The maximum atomic E-state index is 12.7. The van der Waals surface area contributed by atoms with Crippen LogP contribution in [-0.4, -0.2) is 37.2 Å². The van der Waals surface area contributed by atoms with Crippen LogP contribution in [0.25, 0.3) is 0 Å². The second-order valence-electron chi connectivity index (χ2n) is 18.4. The Morgan fingerprint density at radius 2 is 0.593 bits per heavy atom. The van der Waals surface area contributed by atoms with Crippen molar-refractivity contribution >= 4 is 17.9 Å². The first-order chi connectivity index (χ1) is 28.9. The van der Waals surface area contributed by atoms with Gasteiger partial charge in [-0.05, 0) is 25.2 Å². The molecule has 0 heterocycles. The first-order valence-corrected chi connectivity index (χ1v) is 26.4. The fourth-order valence-electron chi connectivity index (χ4n) is 8.01. The molecule has 350 valence electrons. The van der Waals surface area contributed by atoms with Crippen molar-refractivity contribution in [1.29, 1.82) is 0 Å². The third-order valence-corrected chi connectivity index (χ3v) is 12.4. The van der Waals surface area contributed by atoms with Crippen LogP contribution in [-0.2, 0) is 28.6 Å². The Balaban J connectivity index is 4.12. The molecule has 2 atom stereocenters. The lowest BCUT2D eigenvalue weighted by atomic mass is 9.99. The molecular formula is C53H102O6. The van der Waals surface area contributed by atoms with E-state index in [1.807, 2.05) is 0 Å². The summed E-state index contributed by atoms with van der Waals surface area (Å²) < 4.78 is 16.8. The summed E-state index contributed by atoms with van der Waals surface area (Å²) in [6.07, 6.45) is 49.5. The maximum Gasteiger partial charge on any atom is 0.306 e. The molecule has 0 aromatic rings. The van der Waals surface area contributed by atoms with E-state index < -0.39 is 6.10 Å². The maximum absolute atomic E-state index is 12.7. The number of carbonyl (C=O) groups excluding carboxylic acids is 3. The van der Waals surface area contributed by atoms with Crippen LogP contribution in [0.15, 0.2) is 0 Å². The van der Waals surface area contributed by atoms with Gasteiger partial charge in [0.25, 0.3) is 0 Å². The zero-order valence-electron chi connectivity index (χ0n) is 40.2. The molecule has 0 spiro atoms. The van der Waals surface area contributed by atoms with E-state index in [0.29, 0.717) is 19.3 Å². The summed E-state index contributed by atoms with van der Waals surface area (Å²) in [5.41, 5.74) is 0. The third-order valence-electron chi connectivity index (χ3n) is 12.4. The van der Waals surface area contributed by atoms with Gasteiger partial charge in [-0.25, -0.2) is 0 Å². The lowest BCUT2D eigenvalue weighted by Gasteiger charge is -2.18. The summed E-state index contributed by atoms with van der Waals surface area (Å²) in [7, 11) is 0. The van der Waals surface area contributed by atoms with Gasteiger partial charge in [-0.2, -0.15) is 0 Å². The molecule has 0 rings (SSSR count). The number of esters is 3. The van der Waals surface area contributed by atoms with Crippen LogP contribution in [0.3, 0.4) is 0 Å². The van der Waals surface area contributed by atoms with Gasteiger partial charge in [0.05, 0.1) is 0 Å². The monoisotopic (exact) mass is 835 g/mol. The van der Waals surface area contributed by atoms with Gasteiger partial charge in [0.1, 0.15) is 13.2 Å². The molecule has 1 unspecified atom stereocenters. The Kier molecular flexibility index (Phi) is 46.2. The Bertz CT molecular complexity index is 889. The summed E-state index contributed by atoms with van der Waals surface area (Å²) in [4.78, 5) is 37.8. The molecule has 0 aromatic heterocycles. The van der Waals surface area contributed by atoms with E-state index in [1.165, 1.54) is 193 Å². The molecule has 0 bridgehead atoms. The quantitative estimate of drug-likeness (QED) is 0.0345. The first-order valence-electron chi connectivity index (χ1n) is 26.4. The van der Waals surface area contributed by atoms with Crippen molar-refractivity contribution in [3.63, 3.8) is 0 Å². The van der Waals surface area contributed by atoms with E-state index in [1.54, 1.807) is 0 Å². The SMILES string of the molecule is CCCCCCCCCCCCC(=O)O[C@@H](COC(=O)CCCCCCCCCCC)COC(=O)CCCCCCCCCCCCCCCCCCCCC(C)CC. The zero-order chi connectivity index (χ0) is 43.1. The summed E-state index contributed by atoms with van der Waals surface area (Å²) in [5.74, 6) is 0.0613. The van der Waals surface area contributed by atoms with Gasteiger partial charge in [-0.1, -0.05) is 259 Å². The van der Waals surface area contributed by atoms with Crippen LogP contribution < -0.4 is 0 Å². The average molecular weight is 835 g/mol. The van der Waals surface area contributed by atoms with Gasteiger partial charge in [0.15, 0.2) is 6.10 Å². The minimum atomic E-state index is -0.759. The molecule has 0 amide bonds. The summed E-state index contributed by atoms with van der Waals surface area (Å²) in [5, 5.41) is 0. The fourth-order valence-corrected chi connectivity index (χ4v) is 8.01. The van der Waals surface area contributed by atoms with Crippen molar-refractivity contribution in [2.24, 2.45) is 5.92 Å². The van der Waals surface area contributed by atoms with Crippen LogP contribution in [0.4, 0.5) is 0 Å². The molecule has 0 radical (unpaired) electrons. The highest BCUT2D eigenvalue weighted by molar-refractivity contribution is 5.71. The van der Waals surface area contributed by atoms with Crippen LogP contribution >= 0.6 is 0 Å². The van der Waals surface area contributed by atoms with E-state index in [2.05, 4.69) is 27.7 Å². The van der Waals surface area contributed by atoms with Gasteiger partial charge in [-0.15, -0.1) is 0 Å². The van der Waals surface area contributed by atoms with E-state index in [0.717, 1.165) is 63.7 Å². The highest BCUT2D eigenvalue weighted by Crippen LogP contribution is 2.18. The largest absolute Gasteiger partial charge is 0.462 e. The van der Waals surface area contributed by atoms with E-state index in [4.69, 9.17) is 14.2 Å². The predicted molar refractivity (Wildman–Crippen MR) is 252 cm³/mol. The molecule has 0 N–H and O–H groups in total. The lowest BCUT2D eigenvalue weighted by molar-refractivity contribution is -0.167. The number of hydrogen-bond donors (Lipinski definition) is 0. The van der Waals surface area contributed by atoms with Crippen molar-refractivity contribution in [2.45, 2.75) is 303 Å². The Hall–Kier alpha value is -1.59. The molecule has 0 fully saturated rings. The number of unbranched alkanes of at least 4 members (excludes halogenated alkanes) is 34. The molecule has 59 heavy (non-hydrogen) atoms. The Labute approximate surface area is 368 Å². The normalized spacial score (nSPS) is 12.4. The van der Waals surface area contributed by atoms with Crippen molar-refractivity contribution in [3.05, 3.63) is 0 Å². The molecule has 0 aromatic carbocycles. The molecule has 0 aliphatic rings. The van der Waals surface area contributed by atoms with Crippen molar-refractivity contribution in [2.75, 3.05) is 13.2 Å². The summed E-state index contributed by atoms with van der Waals surface area (Å²) >= 11 is 0. The Morgan fingerprint density at radius 3 is 0.881 bits per heavy atom. The molecule has 0 aliphatic heterocycles. The van der Waals surface area contributed by atoms with E-state index in [9.17, 15) is 14.4 Å². The van der Waals surface area contributed by atoms with Gasteiger partial charge in [0, 0.05) is 19.3 Å². The minimum absolute atomic E-state index is 0.0628. The van der Waals surface area contributed by atoms with Gasteiger partial charge < -0.3 is 14.2 Å². The number of carbonyl (C=O) groups is 3. The zero-order valence-corrected chi connectivity index (χ0v) is 40.2. The van der Waals surface area contributed by atoms with Gasteiger partial charge >= 0.3 is 17.9 Å². The van der Waals surface area contributed by atoms with Crippen LogP contribution in [0, 0.1) is 5.92 Å². The summed E-state index contributed by atoms with van der Waals surface area (Å²) in [6, 6.07) is 0. The standard InChI is InChI=1S/C53H102O6/c1-5-8-10-12-14-16-29-34-38-42-46-53(56)59-50(47-57-51(54)44-40-36-32-27-15-13-11-9-6-2)48-58-52(55)45-41-37-33-30-26-24-22-20-18-17-19-21-23-25-28-31-35-39-43-49(4)7-3/h49-50H,5-48H2,1-4H3/t49?,50-/m0/s1. The molecule has 0 saturated carbocycles. The van der Waals surface area contributed by atoms with Gasteiger partial charge in [-0.3, -0.25) is 14.4 Å². The molecule has 0 saturated heterocycles. The second kappa shape index (κ2) is 47.5. The highest BCUT2D eigenvalue weighted by atomic mass is 16.6. The summed E-state index contributed by atoms with van der Waals surface area (Å²) in [6.45, 7) is 9.05. The molecule has 6 heteroatoms. The van der Waals surface area contributed by atoms with Crippen molar-refractivity contribution in [1.82, 2.24) is 0 Å². The van der Waals surface area contributed by atoms with Crippen LogP contribution in [0.1, 0.15) is 297 Å². The molecule has 0 aliphatic carbocycles. The van der Waals surface area contributed by atoms with E-state index in [-0.39, 0.29) is 31.1 Å². The van der Waals surface area contributed by atoms with Crippen molar-refractivity contribution in [3.8, 4) is 0 Å². The van der Waals surface area contributed by atoms with Crippen molar-refractivity contribution < 1.29 is 28.6 Å². The smallest absolute Gasteiger partial charge is 0.306 e. The van der Waals surface area contributed by atoms with E-state index >= 15 is 0 Å². The number of rotatable bonds is 48.